The molecule has 5 heteroatoms. The molecule has 1 heterocycles. The van der Waals surface area contributed by atoms with Gasteiger partial charge in [-0.1, -0.05) is 30.3 Å². The predicted octanol–water partition coefficient (Wildman–Crippen LogP) is 4.07. The minimum Gasteiger partial charge on any atom is -0.459 e. The zero-order valence-corrected chi connectivity index (χ0v) is 14.2. The summed E-state index contributed by atoms with van der Waals surface area (Å²) in [7, 11) is 0. The maximum absolute atomic E-state index is 13.2. The third-order valence-corrected chi connectivity index (χ3v) is 4.11. The van der Waals surface area contributed by atoms with Gasteiger partial charge in [0.2, 0.25) is 0 Å². The van der Waals surface area contributed by atoms with E-state index >= 15 is 0 Å². The van der Waals surface area contributed by atoms with E-state index < -0.39 is 0 Å². The standard InChI is InChI=1S/C19H20FNO2.ClH/c20-17-8-4-5-15(13-17)14-21-11-9-18(10-12-21)23-19(22)16-6-2-1-3-7-16;/h1-8,13,18H,9-12,14H2;1H. The van der Waals surface area contributed by atoms with Gasteiger partial charge in [0, 0.05) is 19.6 Å². The van der Waals surface area contributed by atoms with Crippen molar-refractivity contribution in [2.45, 2.75) is 25.5 Å². The van der Waals surface area contributed by atoms with Crippen LogP contribution in [0.4, 0.5) is 4.39 Å². The van der Waals surface area contributed by atoms with Crippen LogP contribution < -0.4 is 0 Å². The molecule has 0 aromatic heterocycles. The summed E-state index contributed by atoms with van der Waals surface area (Å²) < 4.78 is 18.8. The fourth-order valence-electron chi connectivity index (χ4n) is 2.87. The van der Waals surface area contributed by atoms with Gasteiger partial charge in [0.1, 0.15) is 11.9 Å². The van der Waals surface area contributed by atoms with Crippen LogP contribution in [0.25, 0.3) is 0 Å². The van der Waals surface area contributed by atoms with Crippen LogP contribution in [0.5, 0.6) is 0 Å². The Morgan fingerprint density at radius 1 is 1.08 bits per heavy atom. The van der Waals surface area contributed by atoms with Gasteiger partial charge in [0.25, 0.3) is 0 Å². The highest BCUT2D eigenvalue weighted by molar-refractivity contribution is 5.89. The fraction of sp³-hybridized carbons (Fsp3) is 0.316. The molecule has 1 aliphatic rings. The highest BCUT2D eigenvalue weighted by atomic mass is 35.5. The number of piperidine rings is 1. The number of likely N-dealkylation sites (tertiary alicyclic amines) is 1. The molecule has 0 amide bonds. The van der Waals surface area contributed by atoms with E-state index in [4.69, 9.17) is 4.74 Å². The van der Waals surface area contributed by atoms with E-state index in [-0.39, 0.29) is 30.3 Å². The molecule has 2 aromatic rings. The second-order valence-electron chi connectivity index (χ2n) is 5.88. The summed E-state index contributed by atoms with van der Waals surface area (Å²) in [6.07, 6.45) is 1.59. The monoisotopic (exact) mass is 349 g/mol. The minimum atomic E-state index is -0.255. The van der Waals surface area contributed by atoms with Crippen LogP contribution in [0.1, 0.15) is 28.8 Å². The number of carbonyl (C=O) groups is 1. The zero-order valence-electron chi connectivity index (χ0n) is 13.4. The van der Waals surface area contributed by atoms with E-state index in [1.54, 1.807) is 24.3 Å². The number of rotatable bonds is 4. The molecule has 0 atom stereocenters. The number of benzene rings is 2. The van der Waals surface area contributed by atoms with E-state index in [1.165, 1.54) is 6.07 Å². The Morgan fingerprint density at radius 2 is 1.79 bits per heavy atom. The molecule has 2 aromatic carbocycles. The number of hydrogen-bond acceptors (Lipinski definition) is 3. The van der Waals surface area contributed by atoms with Gasteiger partial charge >= 0.3 is 5.97 Å². The van der Waals surface area contributed by atoms with Crippen LogP contribution in [-0.2, 0) is 11.3 Å². The third-order valence-electron chi connectivity index (χ3n) is 4.11. The van der Waals surface area contributed by atoms with E-state index in [0.29, 0.717) is 5.56 Å². The van der Waals surface area contributed by atoms with Crippen LogP contribution in [0.3, 0.4) is 0 Å². The second-order valence-corrected chi connectivity index (χ2v) is 5.88. The molecule has 128 valence electrons. The summed E-state index contributed by atoms with van der Waals surface area (Å²) in [5.74, 6) is -0.455. The van der Waals surface area contributed by atoms with E-state index in [1.807, 2.05) is 24.3 Å². The Labute approximate surface area is 147 Å². The molecule has 0 bridgehead atoms. The smallest absolute Gasteiger partial charge is 0.338 e. The summed E-state index contributed by atoms with van der Waals surface area (Å²) in [5.41, 5.74) is 1.57. The first-order valence-corrected chi connectivity index (χ1v) is 7.93. The van der Waals surface area contributed by atoms with Gasteiger partial charge < -0.3 is 4.74 Å². The van der Waals surface area contributed by atoms with Gasteiger partial charge in [-0.25, -0.2) is 9.18 Å². The number of carbonyl (C=O) groups excluding carboxylic acids is 1. The average Bonchev–Trinajstić information content (AvgIpc) is 2.57. The largest absolute Gasteiger partial charge is 0.459 e. The van der Waals surface area contributed by atoms with Crippen LogP contribution in [0.15, 0.2) is 54.6 Å². The maximum atomic E-state index is 13.2. The molecule has 0 aliphatic carbocycles. The average molecular weight is 350 g/mol. The SMILES string of the molecule is Cl.O=C(OC1CCN(Cc2cccc(F)c2)CC1)c1ccccc1. The normalized spacial score (nSPS) is 15.5. The van der Waals surface area contributed by atoms with Gasteiger partial charge in [0.15, 0.2) is 0 Å². The molecule has 0 radical (unpaired) electrons. The van der Waals surface area contributed by atoms with Crippen molar-refractivity contribution in [1.29, 1.82) is 0 Å². The minimum absolute atomic E-state index is 0. The fourth-order valence-corrected chi connectivity index (χ4v) is 2.87. The molecule has 3 rings (SSSR count). The van der Waals surface area contributed by atoms with Crippen LogP contribution in [0.2, 0.25) is 0 Å². The van der Waals surface area contributed by atoms with Gasteiger partial charge in [-0.15, -0.1) is 12.4 Å². The highest BCUT2D eigenvalue weighted by Crippen LogP contribution is 2.18. The van der Waals surface area contributed by atoms with E-state index in [0.717, 1.165) is 38.0 Å². The molecule has 0 spiro atoms. The molecule has 3 nitrogen and oxygen atoms in total. The molecule has 0 saturated carbocycles. The Bertz CT molecular complexity index is 657. The van der Waals surface area contributed by atoms with Gasteiger partial charge in [-0.05, 0) is 42.7 Å². The van der Waals surface area contributed by atoms with Gasteiger partial charge in [-0.2, -0.15) is 0 Å². The van der Waals surface area contributed by atoms with Crippen LogP contribution in [0, 0.1) is 5.82 Å². The van der Waals surface area contributed by atoms with Gasteiger partial charge in [0.05, 0.1) is 5.56 Å². The van der Waals surface area contributed by atoms with Crippen molar-refractivity contribution >= 4 is 18.4 Å². The third kappa shape index (κ3) is 5.05. The summed E-state index contributed by atoms with van der Waals surface area (Å²) in [6.45, 7) is 2.43. The van der Waals surface area contributed by atoms with Crippen molar-refractivity contribution in [2.75, 3.05) is 13.1 Å². The number of halogens is 2. The maximum Gasteiger partial charge on any atom is 0.338 e. The van der Waals surface area contributed by atoms with E-state index in [9.17, 15) is 9.18 Å². The van der Waals surface area contributed by atoms with Crippen molar-refractivity contribution < 1.29 is 13.9 Å². The van der Waals surface area contributed by atoms with Crippen molar-refractivity contribution in [2.24, 2.45) is 0 Å². The summed E-state index contributed by atoms with van der Waals surface area (Å²) >= 11 is 0. The second kappa shape index (κ2) is 8.81. The molecular weight excluding hydrogens is 329 g/mol. The first-order valence-electron chi connectivity index (χ1n) is 7.93. The summed E-state index contributed by atoms with van der Waals surface area (Å²) in [5, 5.41) is 0. The molecule has 1 saturated heterocycles. The lowest BCUT2D eigenvalue weighted by Gasteiger charge is -2.31. The first-order chi connectivity index (χ1) is 11.2. The molecular formula is C19H21ClFNO2. The van der Waals surface area contributed by atoms with E-state index in [2.05, 4.69) is 4.90 Å². The van der Waals surface area contributed by atoms with Crippen LogP contribution in [-0.4, -0.2) is 30.1 Å². The Hall–Kier alpha value is -1.91. The van der Waals surface area contributed by atoms with Crippen molar-refractivity contribution in [3.05, 3.63) is 71.5 Å². The lowest BCUT2D eigenvalue weighted by molar-refractivity contribution is 0.0104. The number of hydrogen-bond donors (Lipinski definition) is 0. The highest BCUT2D eigenvalue weighted by Gasteiger charge is 2.22. The van der Waals surface area contributed by atoms with Crippen LogP contribution >= 0.6 is 12.4 Å². The molecule has 1 aliphatic heterocycles. The number of nitrogens with zero attached hydrogens (tertiary/aromatic N) is 1. The Morgan fingerprint density at radius 3 is 2.46 bits per heavy atom. The van der Waals surface area contributed by atoms with Crippen molar-refractivity contribution in [3.63, 3.8) is 0 Å². The lowest BCUT2D eigenvalue weighted by Crippen LogP contribution is -2.37. The molecule has 1 fully saturated rings. The number of esters is 1. The van der Waals surface area contributed by atoms with Crippen molar-refractivity contribution in [1.82, 2.24) is 4.90 Å². The summed E-state index contributed by atoms with van der Waals surface area (Å²) in [6, 6.07) is 15.8. The lowest BCUT2D eigenvalue weighted by atomic mass is 10.1. The summed E-state index contributed by atoms with van der Waals surface area (Å²) in [4.78, 5) is 14.3. The van der Waals surface area contributed by atoms with Gasteiger partial charge in [-0.3, -0.25) is 4.90 Å². The Kier molecular flexibility index (Phi) is 6.76. The predicted molar refractivity (Wildman–Crippen MR) is 93.8 cm³/mol. The molecule has 24 heavy (non-hydrogen) atoms. The zero-order chi connectivity index (χ0) is 16.1. The first kappa shape index (κ1) is 18.4. The van der Waals surface area contributed by atoms with Crippen molar-refractivity contribution in [3.8, 4) is 0 Å². The quantitative estimate of drug-likeness (QED) is 0.779. The Balaban J connectivity index is 0.00000208. The molecule has 0 N–H and O–H groups in total. The topological polar surface area (TPSA) is 29.5 Å². The molecule has 0 unspecified atom stereocenters. The number of ether oxygens (including phenoxy) is 1.